The summed E-state index contributed by atoms with van der Waals surface area (Å²) in [6.07, 6.45) is 3.23. The summed E-state index contributed by atoms with van der Waals surface area (Å²) in [6, 6.07) is 8.23. The van der Waals surface area contributed by atoms with Crippen LogP contribution in [0.4, 0.5) is 4.79 Å². The SMILES string of the molecule is CCN(CC)C(=O)N1CCC(C(=O)N2CCN(CCCc3nc(-c4ccc(C)cc4)no3)CC2)CC1. The first-order valence-corrected chi connectivity index (χ1v) is 13.4. The summed E-state index contributed by atoms with van der Waals surface area (Å²) in [5.74, 6) is 1.61. The number of hydrogen-bond donors (Lipinski definition) is 0. The highest BCUT2D eigenvalue weighted by Gasteiger charge is 2.32. The van der Waals surface area contributed by atoms with E-state index < -0.39 is 0 Å². The first-order valence-electron chi connectivity index (χ1n) is 13.4. The van der Waals surface area contributed by atoms with Gasteiger partial charge in [-0.3, -0.25) is 9.69 Å². The zero-order valence-corrected chi connectivity index (χ0v) is 22.0. The van der Waals surface area contributed by atoms with Crippen molar-refractivity contribution >= 4 is 11.9 Å². The van der Waals surface area contributed by atoms with Crippen LogP contribution in [-0.2, 0) is 11.2 Å². The molecule has 2 aliphatic rings. The molecule has 9 heteroatoms. The molecule has 2 saturated heterocycles. The standard InChI is InChI=1S/C27H40N6O3/c1-4-31(5-2)27(35)33-15-12-23(13-16-33)26(34)32-19-17-30(18-20-32)14-6-7-24-28-25(29-36-24)22-10-8-21(3)9-11-22/h8-11,23H,4-7,12-20H2,1-3H3. The molecule has 1 aromatic heterocycles. The molecule has 0 atom stereocenters. The van der Waals surface area contributed by atoms with E-state index in [0.29, 0.717) is 24.8 Å². The first kappa shape index (κ1) is 26.1. The average Bonchev–Trinajstić information content (AvgIpc) is 3.39. The number of likely N-dealkylation sites (tertiary alicyclic amines) is 1. The van der Waals surface area contributed by atoms with Crippen molar-refractivity contribution in [3.8, 4) is 11.4 Å². The molecular weight excluding hydrogens is 456 g/mol. The van der Waals surface area contributed by atoms with Gasteiger partial charge >= 0.3 is 6.03 Å². The predicted molar refractivity (Wildman–Crippen MR) is 138 cm³/mol. The van der Waals surface area contributed by atoms with E-state index in [1.54, 1.807) is 0 Å². The van der Waals surface area contributed by atoms with Gasteiger partial charge in [0.05, 0.1) is 0 Å². The number of amides is 3. The Morgan fingerprint density at radius 2 is 1.64 bits per heavy atom. The van der Waals surface area contributed by atoms with Crippen LogP contribution in [0.25, 0.3) is 11.4 Å². The van der Waals surface area contributed by atoms with E-state index in [1.807, 2.05) is 52.8 Å². The summed E-state index contributed by atoms with van der Waals surface area (Å²) in [5, 5.41) is 4.12. The largest absolute Gasteiger partial charge is 0.340 e. The Bertz CT molecular complexity index is 987. The normalized spacial score (nSPS) is 17.4. The van der Waals surface area contributed by atoms with Gasteiger partial charge in [-0.15, -0.1) is 0 Å². The third-order valence-electron chi connectivity index (χ3n) is 7.48. The average molecular weight is 497 g/mol. The van der Waals surface area contributed by atoms with Gasteiger partial charge in [0.25, 0.3) is 0 Å². The molecule has 0 N–H and O–H groups in total. The van der Waals surface area contributed by atoms with Crippen molar-refractivity contribution in [2.45, 2.75) is 46.5 Å². The number of benzene rings is 1. The lowest BCUT2D eigenvalue weighted by Crippen LogP contribution is -2.53. The second-order valence-corrected chi connectivity index (χ2v) is 9.86. The molecule has 9 nitrogen and oxygen atoms in total. The zero-order chi connectivity index (χ0) is 25.5. The molecule has 3 amide bonds. The van der Waals surface area contributed by atoms with Crippen LogP contribution in [0, 0.1) is 12.8 Å². The number of aromatic nitrogens is 2. The van der Waals surface area contributed by atoms with Crippen LogP contribution in [0.5, 0.6) is 0 Å². The zero-order valence-electron chi connectivity index (χ0n) is 22.0. The van der Waals surface area contributed by atoms with Crippen molar-refractivity contribution in [1.29, 1.82) is 0 Å². The number of carbonyl (C=O) groups excluding carboxylic acids is 2. The van der Waals surface area contributed by atoms with E-state index >= 15 is 0 Å². The molecule has 0 spiro atoms. The predicted octanol–water partition coefficient (Wildman–Crippen LogP) is 3.30. The minimum Gasteiger partial charge on any atom is -0.340 e. The maximum Gasteiger partial charge on any atom is 0.319 e. The van der Waals surface area contributed by atoms with Crippen molar-refractivity contribution in [3.05, 3.63) is 35.7 Å². The number of nitrogens with zero attached hydrogens (tertiary/aromatic N) is 6. The molecule has 0 saturated carbocycles. The molecular formula is C27H40N6O3. The van der Waals surface area contributed by atoms with Gasteiger partial charge in [0, 0.05) is 70.3 Å². The van der Waals surface area contributed by atoms with Gasteiger partial charge in [-0.05, 0) is 46.6 Å². The smallest absolute Gasteiger partial charge is 0.319 e. The molecule has 1 aromatic carbocycles. The molecule has 0 aliphatic carbocycles. The molecule has 2 fully saturated rings. The summed E-state index contributed by atoms with van der Waals surface area (Å²) in [4.78, 5) is 38.4. The number of hydrogen-bond acceptors (Lipinski definition) is 6. The van der Waals surface area contributed by atoms with Crippen LogP contribution in [0.3, 0.4) is 0 Å². The summed E-state index contributed by atoms with van der Waals surface area (Å²) in [6.45, 7) is 13.1. The number of rotatable bonds is 8. The maximum atomic E-state index is 13.1. The fraction of sp³-hybridized carbons (Fsp3) is 0.630. The molecule has 0 bridgehead atoms. The van der Waals surface area contributed by atoms with Crippen LogP contribution >= 0.6 is 0 Å². The molecule has 0 radical (unpaired) electrons. The Hall–Kier alpha value is -2.94. The van der Waals surface area contributed by atoms with Gasteiger partial charge in [-0.25, -0.2) is 4.79 Å². The number of aryl methyl sites for hydroxylation is 2. The third-order valence-corrected chi connectivity index (χ3v) is 7.48. The van der Waals surface area contributed by atoms with E-state index in [4.69, 9.17) is 4.52 Å². The van der Waals surface area contributed by atoms with Crippen molar-refractivity contribution < 1.29 is 14.1 Å². The van der Waals surface area contributed by atoms with Gasteiger partial charge in [0.1, 0.15) is 0 Å². The van der Waals surface area contributed by atoms with Crippen LogP contribution in [-0.4, -0.2) is 101 Å². The highest BCUT2D eigenvalue weighted by Crippen LogP contribution is 2.22. The lowest BCUT2D eigenvalue weighted by atomic mass is 9.95. The number of carbonyl (C=O) groups is 2. The quantitative estimate of drug-likeness (QED) is 0.558. The van der Waals surface area contributed by atoms with Crippen molar-refractivity contribution in [2.75, 3.05) is 58.9 Å². The maximum absolute atomic E-state index is 13.1. The van der Waals surface area contributed by atoms with Gasteiger partial charge in [0.2, 0.25) is 17.6 Å². The van der Waals surface area contributed by atoms with E-state index in [-0.39, 0.29) is 17.9 Å². The molecule has 36 heavy (non-hydrogen) atoms. The number of piperidine rings is 1. The molecule has 0 unspecified atom stereocenters. The Morgan fingerprint density at radius 3 is 2.28 bits per heavy atom. The van der Waals surface area contributed by atoms with E-state index in [9.17, 15) is 9.59 Å². The van der Waals surface area contributed by atoms with Crippen LogP contribution in [0.1, 0.15) is 44.6 Å². The van der Waals surface area contributed by atoms with Gasteiger partial charge in [-0.1, -0.05) is 35.0 Å². The minimum absolute atomic E-state index is 0.0394. The Labute approximate surface area is 214 Å². The summed E-state index contributed by atoms with van der Waals surface area (Å²) in [7, 11) is 0. The molecule has 2 aliphatic heterocycles. The molecule has 2 aromatic rings. The summed E-state index contributed by atoms with van der Waals surface area (Å²) >= 11 is 0. The third kappa shape index (κ3) is 6.43. The van der Waals surface area contributed by atoms with Crippen LogP contribution in [0.2, 0.25) is 0 Å². The Morgan fingerprint density at radius 1 is 0.972 bits per heavy atom. The fourth-order valence-electron chi connectivity index (χ4n) is 5.09. The molecule has 3 heterocycles. The lowest BCUT2D eigenvalue weighted by molar-refractivity contribution is -0.138. The van der Waals surface area contributed by atoms with Gasteiger partial charge < -0.3 is 19.2 Å². The highest BCUT2D eigenvalue weighted by atomic mass is 16.5. The monoisotopic (exact) mass is 496 g/mol. The van der Waals surface area contributed by atoms with E-state index in [0.717, 1.165) is 77.1 Å². The Balaban J connectivity index is 1.15. The summed E-state index contributed by atoms with van der Waals surface area (Å²) in [5.41, 5.74) is 2.18. The second kappa shape index (κ2) is 12.3. The number of piperazine rings is 1. The second-order valence-electron chi connectivity index (χ2n) is 9.86. The van der Waals surface area contributed by atoms with Gasteiger partial charge in [0.15, 0.2) is 0 Å². The lowest BCUT2D eigenvalue weighted by Gasteiger charge is -2.39. The Kier molecular flexibility index (Phi) is 8.96. The van der Waals surface area contributed by atoms with E-state index in [1.165, 1.54) is 5.56 Å². The van der Waals surface area contributed by atoms with E-state index in [2.05, 4.69) is 22.0 Å². The van der Waals surface area contributed by atoms with Crippen molar-refractivity contribution in [1.82, 2.24) is 29.7 Å². The minimum atomic E-state index is 0.0394. The van der Waals surface area contributed by atoms with Crippen LogP contribution in [0.15, 0.2) is 28.8 Å². The van der Waals surface area contributed by atoms with Crippen molar-refractivity contribution in [2.24, 2.45) is 5.92 Å². The van der Waals surface area contributed by atoms with Crippen molar-refractivity contribution in [3.63, 3.8) is 0 Å². The van der Waals surface area contributed by atoms with Gasteiger partial charge in [-0.2, -0.15) is 4.98 Å². The number of urea groups is 1. The molecule has 4 rings (SSSR count). The highest BCUT2D eigenvalue weighted by molar-refractivity contribution is 5.80. The van der Waals surface area contributed by atoms with Crippen LogP contribution < -0.4 is 0 Å². The fourth-order valence-corrected chi connectivity index (χ4v) is 5.09. The molecule has 196 valence electrons. The first-order chi connectivity index (χ1) is 17.5. The topological polar surface area (TPSA) is 86.0 Å². The summed E-state index contributed by atoms with van der Waals surface area (Å²) < 4.78 is 5.44.